The van der Waals surface area contributed by atoms with Gasteiger partial charge in [-0.1, -0.05) is 30.9 Å². The minimum absolute atomic E-state index is 1.09. The molecule has 0 amide bonds. The fraction of sp³-hybridized carbons (Fsp3) is 0. The van der Waals surface area contributed by atoms with Gasteiger partial charge in [0.15, 0.2) is 0 Å². The summed E-state index contributed by atoms with van der Waals surface area (Å²) in [7, 11) is 8.68. The van der Waals surface area contributed by atoms with Crippen LogP contribution in [0.3, 0.4) is 0 Å². The van der Waals surface area contributed by atoms with E-state index in [1.54, 1.807) is 0 Å². The first-order valence-electron chi connectivity index (χ1n) is 2.57. The zero-order valence-electron chi connectivity index (χ0n) is 5.50. The van der Waals surface area contributed by atoms with Crippen LogP contribution in [-0.4, -0.2) is 0 Å². The zero-order valence-corrected chi connectivity index (χ0v) is 8.28. The average molecular weight is 233 g/mol. The van der Waals surface area contributed by atoms with E-state index in [0.717, 1.165) is 5.57 Å². The fourth-order valence-electron chi connectivity index (χ4n) is 0.414. The van der Waals surface area contributed by atoms with E-state index < -0.39 is 11.1 Å². The summed E-state index contributed by atoms with van der Waals surface area (Å²) >= 11 is -4.31. The maximum absolute atomic E-state index is 9.24. The third-order valence-electron chi connectivity index (χ3n) is 0.732. The molecule has 0 bridgehead atoms. The van der Waals surface area contributed by atoms with Gasteiger partial charge in [-0.2, -0.15) is 0 Å². The predicted octanol–water partition coefficient (Wildman–Crippen LogP) is 2.81. The molecule has 0 saturated heterocycles. The molecule has 1 aliphatic rings. The predicted molar refractivity (Wildman–Crippen MR) is 40.5 cm³/mol. The summed E-state index contributed by atoms with van der Waals surface area (Å²) in [5.74, 6) is 0. The van der Waals surface area contributed by atoms with E-state index in [0.29, 0.717) is 0 Å². The molecule has 0 radical (unpaired) electrons. The molecular formula is C6H6Cl2CrO2. The van der Waals surface area contributed by atoms with Gasteiger partial charge in [0.1, 0.15) is 0 Å². The van der Waals surface area contributed by atoms with Crippen molar-refractivity contribution in [3.8, 4) is 0 Å². The van der Waals surface area contributed by atoms with E-state index in [4.69, 9.17) is 0 Å². The SMILES string of the molecule is C=C1C=CC=C1.[O]=[Cr](=[O])([Cl])[Cl]. The Kier molecular flexibility index (Phi) is 4.71. The summed E-state index contributed by atoms with van der Waals surface area (Å²) in [6.45, 7) is 3.68. The number of allylic oxidation sites excluding steroid dienone is 5. The molecular weight excluding hydrogens is 227 g/mol. The van der Waals surface area contributed by atoms with Crippen LogP contribution in [0.4, 0.5) is 0 Å². The van der Waals surface area contributed by atoms with E-state index in [9.17, 15) is 7.61 Å². The van der Waals surface area contributed by atoms with Gasteiger partial charge in [-0.25, -0.2) is 0 Å². The molecule has 0 aromatic heterocycles. The summed E-state index contributed by atoms with van der Waals surface area (Å²) in [5.41, 5.74) is 1.09. The van der Waals surface area contributed by atoms with Gasteiger partial charge in [0.2, 0.25) is 0 Å². The van der Waals surface area contributed by atoms with Gasteiger partial charge < -0.3 is 0 Å². The van der Waals surface area contributed by atoms with Gasteiger partial charge in [0.05, 0.1) is 0 Å². The van der Waals surface area contributed by atoms with Crippen molar-refractivity contribution in [1.82, 2.24) is 0 Å². The van der Waals surface area contributed by atoms with Crippen LogP contribution in [0.2, 0.25) is 0 Å². The molecule has 2 nitrogen and oxygen atoms in total. The quantitative estimate of drug-likeness (QED) is 0.644. The second-order valence-corrected chi connectivity index (χ2v) is 6.85. The fourth-order valence-corrected chi connectivity index (χ4v) is 0.414. The van der Waals surface area contributed by atoms with Gasteiger partial charge in [-0.05, 0) is 5.57 Å². The van der Waals surface area contributed by atoms with Crippen molar-refractivity contribution >= 4 is 20.1 Å². The average Bonchev–Trinajstić information content (AvgIpc) is 2.12. The van der Waals surface area contributed by atoms with Crippen LogP contribution >= 0.6 is 20.1 Å². The molecule has 0 aliphatic heterocycles. The van der Waals surface area contributed by atoms with Crippen molar-refractivity contribution in [3.63, 3.8) is 0 Å². The number of hydrogen-bond donors (Lipinski definition) is 0. The Labute approximate surface area is 75.3 Å². The summed E-state index contributed by atoms with van der Waals surface area (Å²) < 4.78 is 18.5. The van der Waals surface area contributed by atoms with Gasteiger partial charge >= 0.3 is 38.8 Å². The normalized spacial score (nSPS) is 14.5. The Morgan fingerprint density at radius 2 is 1.45 bits per heavy atom. The van der Waals surface area contributed by atoms with Crippen molar-refractivity contribution in [1.29, 1.82) is 0 Å². The van der Waals surface area contributed by atoms with Crippen molar-refractivity contribution in [3.05, 3.63) is 36.5 Å². The molecule has 11 heavy (non-hydrogen) atoms. The van der Waals surface area contributed by atoms with Gasteiger partial charge in [0.25, 0.3) is 0 Å². The van der Waals surface area contributed by atoms with Gasteiger partial charge in [-0.15, -0.1) is 0 Å². The molecule has 0 fully saturated rings. The van der Waals surface area contributed by atoms with Crippen LogP contribution in [0.5, 0.6) is 0 Å². The van der Waals surface area contributed by atoms with Crippen molar-refractivity contribution < 1.29 is 18.7 Å². The van der Waals surface area contributed by atoms with Crippen LogP contribution in [-0.2, 0) is 18.7 Å². The Morgan fingerprint density at radius 3 is 1.55 bits per heavy atom. The molecule has 0 saturated carbocycles. The second kappa shape index (κ2) is 4.74. The molecule has 0 spiro atoms. The summed E-state index contributed by atoms with van der Waals surface area (Å²) in [6, 6.07) is 0. The molecule has 1 rings (SSSR count). The van der Waals surface area contributed by atoms with Crippen LogP contribution in [0.25, 0.3) is 0 Å². The zero-order chi connectivity index (χ0) is 8.91. The number of halogens is 2. The van der Waals surface area contributed by atoms with E-state index in [2.05, 4.69) is 26.7 Å². The first-order valence-corrected chi connectivity index (χ1v) is 7.12. The topological polar surface area (TPSA) is 34.1 Å². The van der Waals surface area contributed by atoms with Crippen molar-refractivity contribution in [2.45, 2.75) is 0 Å². The van der Waals surface area contributed by atoms with Crippen molar-refractivity contribution in [2.24, 2.45) is 0 Å². The first-order chi connectivity index (χ1) is 4.89. The Hall–Kier alpha value is -0.0675. The summed E-state index contributed by atoms with van der Waals surface area (Å²) in [5, 5.41) is 0. The van der Waals surface area contributed by atoms with E-state index in [-0.39, 0.29) is 0 Å². The molecule has 0 heterocycles. The number of hydrogen-bond acceptors (Lipinski definition) is 2. The summed E-state index contributed by atoms with van der Waals surface area (Å²) in [4.78, 5) is 0. The maximum atomic E-state index is 9.24. The van der Waals surface area contributed by atoms with Crippen molar-refractivity contribution in [2.75, 3.05) is 0 Å². The molecule has 0 N–H and O–H groups in total. The Bertz CT molecular complexity index is 266. The molecule has 0 unspecified atom stereocenters. The molecule has 0 aromatic rings. The Balaban J connectivity index is 0.000000187. The standard InChI is InChI=1S/C6H6.2ClH.Cr.2O/c1-6-4-2-3-5-6;;;;;/h2-5H,1H2;2*1H;;;/q;;;+2;;/p-2. The van der Waals surface area contributed by atoms with E-state index in [1.807, 2.05) is 24.3 Å². The number of rotatable bonds is 0. The van der Waals surface area contributed by atoms with Crippen LogP contribution in [0.1, 0.15) is 0 Å². The van der Waals surface area contributed by atoms with Crippen LogP contribution in [0, 0.1) is 0 Å². The van der Waals surface area contributed by atoms with Gasteiger partial charge in [-0.3, -0.25) is 0 Å². The van der Waals surface area contributed by atoms with Crippen LogP contribution < -0.4 is 0 Å². The molecule has 1 aliphatic carbocycles. The monoisotopic (exact) mass is 232 g/mol. The second-order valence-electron chi connectivity index (χ2n) is 1.67. The minimum atomic E-state index is -4.31. The van der Waals surface area contributed by atoms with Crippen LogP contribution in [0.15, 0.2) is 36.5 Å². The Morgan fingerprint density at radius 1 is 1.18 bits per heavy atom. The third kappa shape index (κ3) is 13.0. The molecule has 5 heteroatoms. The van der Waals surface area contributed by atoms with E-state index in [1.165, 1.54) is 0 Å². The molecule has 62 valence electrons. The van der Waals surface area contributed by atoms with E-state index >= 15 is 0 Å². The summed E-state index contributed by atoms with van der Waals surface area (Å²) in [6.07, 6.45) is 7.89. The van der Waals surface area contributed by atoms with Gasteiger partial charge in [0, 0.05) is 0 Å². The first kappa shape index (κ1) is 10.9. The third-order valence-corrected chi connectivity index (χ3v) is 0.732. The molecule has 0 aromatic carbocycles. The molecule has 0 atom stereocenters.